The van der Waals surface area contributed by atoms with Crippen LogP contribution in [-0.4, -0.2) is 67.0 Å². The molecule has 1 unspecified atom stereocenters. The minimum Gasteiger partial charge on any atom is -0.450 e. The van der Waals surface area contributed by atoms with E-state index in [9.17, 15) is 14.4 Å². The molecule has 0 spiro atoms. The van der Waals surface area contributed by atoms with E-state index in [-0.39, 0.29) is 30.2 Å². The molecule has 1 aromatic rings. The molecule has 146 valence electrons. The van der Waals surface area contributed by atoms with E-state index in [0.29, 0.717) is 39.3 Å². The molecule has 0 radical (unpaired) electrons. The minimum absolute atomic E-state index is 0.00117. The third-order valence-corrected chi connectivity index (χ3v) is 5.11. The van der Waals surface area contributed by atoms with Crippen LogP contribution in [0.5, 0.6) is 0 Å². The number of anilines is 1. The zero-order valence-corrected chi connectivity index (χ0v) is 16.2. The molecule has 0 N–H and O–H groups in total. The normalized spacial score (nSPS) is 20.2. The van der Waals surface area contributed by atoms with E-state index in [2.05, 4.69) is 6.07 Å². The quantitative estimate of drug-likeness (QED) is 0.812. The van der Waals surface area contributed by atoms with Crippen molar-refractivity contribution in [2.45, 2.75) is 27.2 Å². The van der Waals surface area contributed by atoms with Crippen LogP contribution >= 0.6 is 0 Å². The number of ether oxygens (including phenoxy) is 1. The maximum absolute atomic E-state index is 12.9. The molecular weight excluding hydrogens is 346 g/mol. The summed E-state index contributed by atoms with van der Waals surface area (Å²) in [5, 5.41) is 0. The van der Waals surface area contributed by atoms with Crippen LogP contribution in [0.1, 0.15) is 24.5 Å². The Balaban J connectivity index is 1.60. The number of carbonyl (C=O) groups excluding carboxylic acids is 3. The first-order chi connectivity index (χ1) is 12.9. The molecule has 2 heterocycles. The lowest BCUT2D eigenvalue weighted by molar-refractivity contribution is -0.137. The van der Waals surface area contributed by atoms with E-state index < -0.39 is 0 Å². The van der Waals surface area contributed by atoms with E-state index in [1.807, 2.05) is 26.0 Å². The van der Waals surface area contributed by atoms with Crippen molar-refractivity contribution in [3.05, 3.63) is 29.3 Å². The number of rotatable bonds is 3. The molecule has 3 rings (SSSR count). The Kier molecular flexibility index (Phi) is 5.68. The summed E-state index contributed by atoms with van der Waals surface area (Å²) in [6.07, 6.45) is -0.0918. The number of carbonyl (C=O) groups is 3. The van der Waals surface area contributed by atoms with Crippen LogP contribution in [0.3, 0.4) is 0 Å². The van der Waals surface area contributed by atoms with Crippen LogP contribution in [-0.2, 0) is 14.3 Å². The average molecular weight is 373 g/mol. The summed E-state index contributed by atoms with van der Waals surface area (Å²) in [7, 11) is 0. The molecule has 2 fully saturated rings. The lowest BCUT2D eigenvalue weighted by Gasteiger charge is -2.35. The second kappa shape index (κ2) is 7.98. The fourth-order valence-electron chi connectivity index (χ4n) is 3.81. The second-order valence-electron chi connectivity index (χ2n) is 7.26. The summed E-state index contributed by atoms with van der Waals surface area (Å²) in [4.78, 5) is 42.2. The lowest BCUT2D eigenvalue weighted by atomic mass is 10.1. The Bertz CT molecular complexity index is 720. The van der Waals surface area contributed by atoms with Crippen molar-refractivity contribution in [3.63, 3.8) is 0 Å². The highest BCUT2D eigenvalue weighted by Gasteiger charge is 2.38. The molecule has 27 heavy (non-hydrogen) atoms. The number of aryl methyl sites for hydroxylation is 2. The first-order valence-corrected chi connectivity index (χ1v) is 9.48. The van der Waals surface area contributed by atoms with Crippen LogP contribution in [0.15, 0.2) is 18.2 Å². The Morgan fingerprint density at radius 2 is 1.63 bits per heavy atom. The van der Waals surface area contributed by atoms with E-state index in [4.69, 9.17) is 4.74 Å². The van der Waals surface area contributed by atoms with Gasteiger partial charge in [0, 0.05) is 44.8 Å². The Morgan fingerprint density at radius 1 is 1.04 bits per heavy atom. The van der Waals surface area contributed by atoms with Gasteiger partial charge in [-0.1, -0.05) is 6.07 Å². The predicted molar refractivity (Wildman–Crippen MR) is 102 cm³/mol. The van der Waals surface area contributed by atoms with Crippen LogP contribution < -0.4 is 4.90 Å². The van der Waals surface area contributed by atoms with Crippen LogP contribution in [0.4, 0.5) is 10.5 Å². The predicted octanol–water partition coefficient (Wildman–Crippen LogP) is 1.96. The van der Waals surface area contributed by atoms with Gasteiger partial charge in [-0.05, 0) is 44.0 Å². The summed E-state index contributed by atoms with van der Waals surface area (Å²) >= 11 is 0. The maximum atomic E-state index is 12.9. The highest BCUT2D eigenvalue weighted by atomic mass is 16.6. The van der Waals surface area contributed by atoms with E-state index in [1.165, 1.54) is 0 Å². The number of hydrogen-bond donors (Lipinski definition) is 0. The molecule has 2 aliphatic heterocycles. The Labute approximate surface area is 159 Å². The summed E-state index contributed by atoms with van der Waals surface area (Å²) in [5.41, 5.74) is 3.06. The summed E-state index contributed by atoms with van der Waals surface area (Å²) in [6.45, 7) is 8.42. The van der Waals surface area contributed by atoms with Crippen LogP contribution in [0.25, 0.3) is 0 Å². The summed E-state index contributed by atoms with van der Waals surface area (Å²) < 4.78 is 5.01. The molecule has 7 heteroatoms. The molecule has 1 atom stereocenters. The Morgan fingerprint density at radius 3 is 2.22 bits per heavy atom. The topological polar surface area (TPSA) is 70.2 Å². The van der Waals surface area contributed by atoms with Crippen LogP contribution in [0, 0.1) is 19.8 Å². The highest BCUT2D eigenvalue weighted by Crippen LogP contribution is 2.28. The first-order valence-electron chi connectivity index (χ1n) is 9.48. The van der Waals surface area contributed by atoms with Gasteiger partial charge < -0.3 is 19.4 Å². The largest absolute Gasteiger partial charge is 0.450 e. The average Bonchev–Trinajstić information content (AvgIpc) is 3.02. The molecule has 0 bridgehead atoms. The third-order valence-electron chi connectivity index (χ3n) is 5.11. The van der Waals surface area contributed by atoms with E-state index in [1.54, 1.807) is 21.6 Å². The van der Waals surface area contributed by atoms with Crippen molar-refractivity contribution in [2.75, 3.05) is 44.2 Å². The van der Waals surface area contributed by atoms with Crippen molar-refractivity contribution in [1.82, 2.24) is 9.80 Å². The summed E-state index contributed by atoms with van der Waals surface area (Å²) in [6, 6.07) is 6.03. The van der Waals surface area contributed by atoms with E-state index >= 15 is 0 Å². The Hall–Kier alpha value is -2.57. The van der Waals surface area contributed by atoms with Gasteiger partial charge in [0.25, 0.3) is 0 Å². The van der Waals surface area contributed by atoms with Crippen LogP contribution in [0.2, 0.25) is 0 Å². The molecule has 2 aliphatic rings. The van der Waals surface area contributed by atoms with Crippen molar-refractivity contribution < 1.29 is 19.1 Å². The third kappa shape index (κ3) is 4.23. The summed E-state index contributed by atoms with van der Waals surface area (Å²) in [5.74, 6) is -0.338. The van der Waals surface area contributed by atoms with Gasteiger partial charge >= 0.3 is 6.09 Å². The number of amides is 3. The van der Waals surface area contributed by atoms with E-state index in [0.717, 1.165) is 16.8 Å². The van der Waals surface area contributed by atoms with Gasteiger partial charge in [0.1, 0.15) is 0 Å². The number of benzene rings is 1. The van der Waals surface area contributed by atoms with Crippen molar-refractivity contribution in [2.24, 2.45) is 5.92 Å². The molecule has 7 nitrogen and oxygen atoms in total. The number of piperazine rings is 1. The lowest BCUT2D eigenvalue weighted by Crippen LogP contribution is -2.52. The second-order valence-corrected chi connectivity index (χ2v) is 7.26. The molecule has 2 saturated heterocycles. The van der Waals surface area contributed by atoms with Crippen molar-refractivity contribution in [3.8, 4) is 0 Å². The zero-order chi connectivity index (χ0) is 19.6. The SMILES string of the molecule is CCOC(=O)N1CCN(C(=O)C2CC(=O)N(c3cc(C)cc(C)c3)C2)CC1. The van der Waals surface area contributed by atoms with Crippen molar-refractivity contribution >= 4 is 23.6 Å². The van der Waals surface area contributed by atoms with Gasteiger partial charge in [-0.15, -0.1) is 0 Å². The monoisotopic (exact) mass is 373 g/mol. The van der Waals surface area contributed by atoms with Gasteiger partial charge in [0.2, 0.25) is 11.8 Å². The van der Waals surface area contributed by atoms with Gasteiger partial charge in [-0.3, -0.25) is 9.59 Å². The standard InChI is InChI=1S/C20H27N3O4/c1-4-27-20(26)22-7-5-21(6-8-22)19(25)16-12-18(24)23(13-16)17-10-14(2)9-15(3)11-17/h9-11,16H,4-8,12-13H2,1-3H3. The highest BCUT2D eigenvalue weighted by molar-refractivity contribution is 6.00. The molecule has 1 aromatic carbocycles. The van der Waals surface area contributed by atoms with Gasteiger partial charge in [-0.25, -0.2) is 4.79 Å². The molecule has 0 aromatic heterocycles. The minimum atomic E-state index is -0.332. The fraction of sp³-hybridized carbons (Fsp3) is 0.550. The smallest absolute Gasteiger partial charge is 0.409 e. The molecule has 3 amide bonds. The molecule has 0 saturated carbocycles. The number of hydrogen-bond acceptors (Lipinski definition) is 4. The van der Waals surface area contributed by atoms with Gasteiger partial charge in [-0.2, -0.15) is 0 Å². The van der Waals surface area contributed by atoms with Crippen molar-refractivity contribution in [1.29, 1.82) is 0 Å². The first kappa shape index (κ1) is 19.2. The fourth-order valence-corrected chi connectivity index (χ4v) is 3.81. The van der Waals surface area contributed by atoms with Gasteiger partial charge in [0.15, 0.2) is 0 Å². The number of nitrogens with zero attached hydrogens (tertiary/aromatic N) is 3. The van der Waals surface area contributed by atoms with Gasteiger partial charge in [0.05, 0.1) is 12.5 Å². The zero-order valence-electron chi connectivity index (χ0n) is 16.2. The molecular formula is C20H27N3O4. The maximum Gasteiger partial charge on any atom is 0.409 e. The molecule has 0 aliphatic carbocycles.